The molecule has 2 aromatic rings. The number of methoxy groups -OCH3 is 4. The van der Waals surface area contributed by atoms with E-state index in [0.717, 1.165) is 34.5 Å². The van der Waals surface area contributed by atoms with Gasteiger partial charge in [-0.05, 0) is 75.6 Å². The number of hydrogen-bond acceptors (Lipinski definition) is 4. The topological polar surface area (TPSA) is 36.9 Å². The molecule has 0 atom stereocenters. The summed E-state index contributed by atoms with van der Waals surface area (Å²) in [7, 11) is 6.48. The van der Waals surface area contributed by atoms with Crippen LogP contribution in [0.4, 0.5) is 0 Å². The summed E-state index contributed by atoms with van der Waals surface area (Å²) in [6.07, 6.45) is 26.9. The monoisotopic (exact) mass is 506 g/mol. The van der Waals surface area contributed by atoms with Gasteiger partial charge in [-0.1, -0.05) is 11.8 Å². The quantitative estimate of drug-likeness (QED) is 0.414. The number of ether oxygens (including phenoxy) is 4. The summed E-state index contributed by atoms with van der Waals surface area (Å²) in [4.78, 5) is 0. The van der Waals surface area contributed by atoms with Gasteiger partial charge in [0.25, 0.3) is 0 Å². The minimum atomic E-state index is 0. The summed E-state index contributed by atoms with van der Waals surface area (Å²) in [5, 5.41) is 0. The van der Waals surface area contributed by atoms with E-state index < -0.39 is 0 Å². The van der Waals surface area contributed by atoms with Crippen molar-refractivity contribution in [1.82, 2.24) is 0 Å². The molecule has 35 heavy (non-hydrogen) atoms. The van der Waals surface area contributed by atoms with Gasteiger partial charge < -0.3 is 18.9 Å². The third-order valence-corrected chi connectivity index (χ3v) is 5.30. The molecule has 4 nitrogen and oxygen atoms in total. The van der Waals surface area contributed by atoms with Gasteiger partial charge in [0.1, 0.15) is 23.0 Å². The van der Waals surface area contributed by atoms with Crippen LogP contribution in [0.2, 0.25) is 0 Å². The smallest absolute Gasteiger partial charge is 0.496 e. The molecule has 0 spiro atoms. The van der Waals surface area contributed by atoms with Gasteiger partial charge in [-0.2, -0.15) is 0 Å². The minimum absolute atomic E-state index is 0. The van der Waals surface area contributed by atoms with Crippen LogP contribution in [0.3, 0.4) is 0 Å². The van der Waals surface area contributed by atoms with Crippen LogP contribution in [0.15, 0.2) is 24.3 Å². The Labute approximate surface area is 221 Å². The second-order valence-corrected chi connectivity index (χ2v) is 7.14. The molecule has 2 aromatic carbocycles. The van der Waals surface area contributed by atoms with Gasteiger partial charge in [0.2, 0.25) is 0 Å². The molecule has 10 radical (unpaired) electrons. The maximum absolute atomic E-state index is 5.43. The third-order valence-electron chi connectivity index (χ3n) is 5.30. The maximum Gasteiger partial charge on any atom is 2.00 e. The SMILES string of the molecule is C#Cc1cc(OC)c([C]2[CH][CH][CH][CH]2)cc1OC.C#Cc1cc(OC)c([C]2[CH][CH][CH][CH]2)cc1OC.[Fe+2]. The molecular formula is C30H26FeO4+2. The zero-order valence-electron chi connectivity index (χ0n) is 20.1. The standard InChI is InChI=1S/2C15H13O2.Fe/c2*1-4-11-9-15(17-3)13(10-14(11)16-2)12-7-5-6-8-12;/h2*1,5-10H,2-3H3;/q;;+2. The van der Waals surface area contributed by atoms with Crippen molar-refractivity contribution < 1.29 is 36.0 Å². The fourth-order valence-electron chi connectivity index (χ4n) is 3.58. The predicted molar refractivity (Wildman–Crippen MR) is 134 cm³/mol. The van der Waals surface area contributed by atoms with Gasteiger partial charge in [0.05, 0.1) is 39.6 Å². The molecular weight excluding hydrogens is 480 g/mol. The average Bonchev–Trinajstić information content (AvgIpc) is 3.62. The van der Waals surface area contributed by atoms with Crippen LogP contribution >= 0.6 is 0 Å². The normalized spacial score (nSPS) is 15.1. The Balaban J connectivity index is 0.000000240. The number of rotatable bonds is 6. The van der Waals surface area contributed by atoms with Crippen molar-refractivity contribution in [2.75, 3.05) is 28.4 Å². The van der Waals surface area contributed by atoms with Gasteiger partial charge in [0, 0.05) is 23.0 Å². The van der Waals surface area contributed by atoms with E-state index >= 15 is 0 Å². The van der Waals surface area contributed by atoms with Crippen LogP contribution in [0.25, 0.3) is 0 Å². The van der Waals surface area contributed by atoms with Crippen LogP contribution in [0.5, 0.6) is 23.0 Å². The van der Waals surface area contributed by atoms with E-state index in [-0.39, 0.29) is 17.1 Å². The minimum Gasteiger partial charge on any atom is -0.496 e. The molecule has 0 unspecified atom stereocenters. The molecule has 0 saturated heterocycles. The first-order chi connectivity index (χ1) is 16.6. The molecule has 0 aromatic heterocycles. The van der Waals surface area contributed by atoms with Gasteiger partial charge in [-0.25, -0.2) is 0 Å². The second-order valence-electron chi connectivity index (χ2n) is 7.14. The fourth-order valence-corrected chi connectivity index (χ4v) is 3.58. The van der Waals surface area contributed by atoms with Crippen molar-refractivity contribution in [3.05, 3.63) is 110 Å². The van der Waals surface area contributed by atoms with E-state index in [0.29, 0.717) is 22.6 Å². The van der Waals surface area contributed by atoms with Gasteiger partial charge in [-0.3, -0.25) is 0 Å². The van der Waals surface area contributed by atoms with E-state index in [2.05, 4.69) is 11.8 Å². The van der Waals surface area contributed by atoms with Gasteiger partial charge in [-0.15, -0.1) is 12.8 Å². The van der Waals surface area contributed by atoms with Crippen LogP contribution in [-0.4, -0.2) is 28.4 Å². The first-order valence-corrected chi connectivity index (χ1v) is 10.5. The van der Waals surface area contributed by atoms with Crippen molar-refractivity contribution in [3.8, 4) is 47.7 Å². The zero-order valence-corrected chi connectivity index (χ0v) is 21.2. The van der Waals surface area contributed by atoms with Crippen molar-refractivity contribution in [2.24, 2.45) is 0 Å². The van der Waals surface area contributed by atoms with E-state index in [1.807, 2.05) is 75.6 Å². The number of benzene rings is 2. The van der Waals surface area contributed by atoms with Crippen molar-refractivity contribution in [3.63, 3.8) is 0 Å². The van der Waals surface area contributed by atoms with Crippen molar-refractivity contribution in [2.45, 2.75) is 0 Å². The Morgan fingerprint density at radius 2 is 0.829 bits per heavy atom. The summed E-state index contributed by atoms with van der Waals surface area (Å²) in [6, 6.07) is 7.45. The summed E-state index contributed by atoms with van der Waals surface area (Å²) < 4.78 is 21.3. The van der Waals surface area contributed by atoms with Gasteiger partial charge in [0.15, 0.2) is 0 Å². The Morgan fingerprint density at radius 3 is 1.09 bits per heavy atom. The fraction of sp³-hybridized carbons (Fsp3) is 0.133. The summed E-state index contributed by atoms with van der Waals surface area (Å²) in [5.41, 5.74) is 3.35. The Kier molecular flexibility index (Phi) is 11.4. The first-order valence-electron chi connectivity index (χ1n) is 10.5. The molecule has 2 fully saturated rings. The molecule has 2 aliphatic rings. The Hall–Kier alpha value is -2.72. The van der Waals surface area contributed by atoms with E-state index in [4.69, 9.17) is 31.8 Å². The molecule has 0 amide bonds. The predicted octanol–water partition coefficient (Wildman–Crippen LogP) is 4.87. The van der Waals surface area contributed by atoms with Crippen molar-refractivity contribution in [1.29, 1.82) is 0 Å². The summed E-state index contributed by atoms with van der Waals surface area (Å²) in [6.45, 7) is 0. The largest absolute Gasteiger partial charge is 2.00 e. The zero-order chi connectivity index (χ0) is 24.5. The molecule has 0 aliphatic heterocycles. The van der Waals surface area contributed by atoms with E-state index in [1.165, 1.54) is 0 Å². The van der Waals surface area contributed by atoms with E-state index in [1.54, 1.807) is 28.4 Å². The molecule has 5 heteroatoms. The van der Waals surface area contributed by atoms with Crippen LogP contribution in [0, 0.1) is 87.9 Å². The van der Waals surface area contributed by atoms with Crippen LogP contribution in [-0.2, 0) is 17.1 Å². The Morgan fingerprint density at radius 1 is 0.514 bits per heavy atom. The summed E-state index contributed by atoms with van der Waals surface area (Å²) >= 11 is 0. The molecule has 176 valence electrons. The number of terminal acetylenes is 2. The van der Waals surface area contributed by atoms with Crippen molar-refractivity contribution >= 4 is 0 Å². The summed E-state index contributed by atoms with van der Waals surface area (Å²) in [5.74, 6) is 10.2. The Bertz CT molecular complexity index is 966. The molecule has 2 saturated carbocycles. The van der Waals surface area contributed by atoms with E-state index in [9.17, 15) is 0 Å². The molecule has 0 N–H and O–H groups in total. The average molecular weight is 506 g/mol. The maximum atomic E-state index is 5.43. The molecule has 4 rings (SSSR count). The molecule has 2 aliphatic carbocycles. The second kappa shape index (κ2) is 14.0. The molecule has 0 bridgehead atoms. The van der Waals surface area contributed by atoms with Crippen LogP contribution in [0.1, 0.15) is 22.3 Å². The first kappa shape index (κ1) is 28.5. The van der Waals surface area contributed by atoms with Gasteiger partial charge >= 0.3 is 17.1 Å². The molecule has 0 heterocycles. The van der Waals surface area contributed by atoms with Crippen LogP contribution < -0.4 is 18.9 Å². The number of hydrogen-bond donors (Lipinski definition) is 0. The third kappa shape index (κ3) is 6.70.